The Morgan fingerprint density at radius 1 is 1.10 bits per heavy atom. The summed E-state index contributed by atoms with van der Waals surface area (Å²) < 4.78 is 0. The van der Waals surface area contributed by atoms with Crippen LogP contribution in [-0.2, 0) is 11.2 Å². The van der Waals surface area contributed by atoms with Crippen molar-refractivity contribution in [1.82, 2.24) is 9.97 Å². The average Bonchev–Trinajstić information content (AvgIpc) is 3.19. The van der Waals surface area contributed by atoms with Gasteiger partial charge in [-0.2, -0.15) is 0 Å². The van der Waals surface area contributed by atoms with Gasteiger partial charge in [-0.15, -0.1) is 0 Å². The molecule has 5 nitrogen and oxygen atoms in total. The van der Waals surface area contributed by atoms with Crippen molar-refractivity contribution in [2.75, 3.05) is 0 Å². The Balaban J connectivity index is 2.31. The van der Waals surface area contributed by atoms with Crippen LogP contribution in [0.25, 0.3) is 0 Å². The number of unbranched alkanes of at least 4 members (excludes halogenated alkanes) is 10. The number of carboxylic acid groups (broad SMARTS) is 1. The minimum atomic E-state index is -0.876. The Morgan fingerprint density at radius 2 is 1.73 bits per heavy atom. The maximum Gasteiger partial charge on any atom is 0.303 e. The van der Waals surface area contributed by atoms with Crippen LogP contribution in [0.15, 0.2) is 23.5 Å². The van der Waals surface area contributed by atoms with E-state index in [0.29, 0.717) is 0 Å². The van der Waals surface area contributed by atoms with E-state index in [0.717, 1.165) is 30.1 Å². The summed E-state index contributed by atoms with van der Waals surface area (Å²) in [5.41, 5.74) is 1.06. The molecule has 0 saturated heterocycles. The van der Waals surface area contributed by atoms with Gasteiger partial charge in [0, 0.05) is 18.3 Å². The van der Waals surface area contributed by atoms with Crippen molar-refractivity contribution in [3.05, 3.63) is 24.0 Å². The molecule has 1 aromatic rings. The van der Waals surface area contributed by atoms with Gasteiger partial charge in [-0.3, -0.25) is 4.79 Å². The van der Waals surface area contributed by atoms with E-state index in [1.54, 1.807) is 0 Å². The number of thioether (sulfide) groups is 1. The standard InChI is InChI=1S/C24H42N2O3S/c1-3-5-6-7-8-9-10-11-12-13-14-15-16-22(21(27)17-18-23(28)29)30-24-25-19-20(4-2)26-24/h15-16,19,21-22,27H,3-14,17-18H2,1-2H3,(H,25,26)(H,28,29)/b16-15-. The second-order valence-corrected chi connectivity index (χ2v) is 9.21. The van der Waals surface area contributed by atoms with Gasteiger partial charge in [-0.05, 0) is 25.7 Å². The van der Waals surface area contributed by atoms with E-state index >= 15 is 0 Å². The Kier molecular flexibility index (Phi) is 15.5. The van der Waals surface area contributed by atoms with Gasteiger partial charge in [0.25, 0.3) is 0 Å². The average molecular weight is 439 g/mol. The molecule has 172 valence electrons. The molecule has 0 amide bonds. The summed E-state index contributed by atoms with van der Waals surface area (Å²) in [6, 6.07) is 0. The number of imidazole rings is 1. The first-order chi connectivity index (χ1) is 14.6. The normalized spacial score (nSPS) is 13.7. The van der Waals surface area contributed by atoms with Crippen molar-refractivity contribution in [3.63, 3.8) is 0 Å². The van der Waals surface area contributed by atoms with E-state index in [-0.39, 0.29) is 18.1 Å². The number of rotatable bonds is 19. The lowest BCUT2D eigenvalue weighted by Crippen LogP contribution is -2.22. The Bertz CT molecular complexity index is 589. The first-order valence-corrected chi connectivity index (χ1v) is 12.7. The topological polar surface area (TPSA) is 86.2 Å². The largest absolute Gasteiger partial charge is 0.481 e. The highest BCUT2D eigenvalue weighted by Crippen LogP contribution is 2.26. The molecule has 0 aromatic carbocycles. The molecule has 30 heavy (non-hydrogen) atoms. The molecule has 1 aromatic heterocycles. The van der Waals surface area contributed by atoms with Crippen LogP contribution in [0.1, 0.15) is 103 Å². The molecule has 0 saturated carbocycles. The molecule has 1 rings (SSSR count). The Labute approximate surface area is 187 Å². The van der Waals surface area contributed by atoms with Crippen LogP contribution in [0.5, 0.6) is 0 Å². The quantitative estimate of drug-likeness (QED) is 0.130. The van der Waals surface area contributed by atoms with Crippen LogP contribution >= 0.6 is 11.8 Å². The highest BCUT2D eigenvalue weighted by molar-refractivity contribution is 8.00. The zero-order chi connectivity index (χ0) is 22.0. The second kappa shape index (κ2) is 17.4. The summed E-state index contributed by atoms with van der Waals surface area (Å²) in [5, 5.41) is 20.0. The number of aromatic amines is 1. The number of aliphatic carboxylic acids is 1. The van der Waals surface area contributed by atoms with Crippen LogP contribution < -0.4 is 0 Å². The molecule has 0 spiro atoms. The summed E-state index contributed by atoms with van der Waals surface area (Å²) in [7, 11) is 0. The van der Waals surface area contributed by atoms with E-state index in [4.69, 9.17) is 5.11 Å². The predicted molar refractivity (Wildman–Crippen MR) is 126 cm³/mol. The lowest BCUT2D eigenvalue weighted by atomic mass is 10.1. The number of H-pyrrole nitrogens is 1. The maximum absolute atomic E-state index is 10.8. The third-order valence-corrected chi connectivity index (χ3v) is 6.49. The number of allylic oxidation sites excluding steroid dienone is 1. The molecule has 0 aliphatic carbocycles. The maximum atomic E-state index is 10.8. The fraction of sp³-hybridized carbons (Fsp3) is 0.750. The lowest BCUT2D eigenvalue weighted by molar-refractivity contribution is -0.137. The molecule has 6 heteroatoms. The van der Waals surface area contributed by atoms with Crippen LogP contribution in [0.3, 0.4) is 0 Å². The number of aromatic nitrogens is 2. The van der Waals surface area contributed by atoms with E-state index in [2.05, 4.69) is 29.9 Å². The monoisotopic (exact) mass is 438 g/mol. The molecular weight excluding hydrogens is 396 g/mol. The second-order valence-electron chi connectivity index (χ2n) is 8.05. The van der Waals surface area contributed by atoms with Crippen LogP contribution in [0, 0.1) is 0 Å². The minimum absolute atomic E-state index is 0.0249. The highest BCUT2D eigenvalue weighted by Gasteiger charge is 2.20. The van der Waals surface area contributed by atoms with Crippen molar-refractivity contribution in [2.45, 2.75) is 120 Å². The molecule has 0 fully saturated rings. The summed E-state index contributed by atoms with van der Waals surface area (Å²) in [6.45, 7) is 4.32. The van der Waals surface area contributed by atoms with Gasteiger partial charge >= 0.3 is 5.97 Å². The first kappa shape index (κ1) is 26.8. The van der Waals surface area contributed by atoms with Gasteiger partial charge in [-0.25, -0.2) is 4.98 Å². The molecular formula is C24H42N2O3S. The Morgan fingerprint density at radius 3 is 2.30 bits per heavy atom. The van der Waals surface area contributed by atoms with Gasteiger partial charge < -0.3 is 15.2 Å². The Hall–Kier alpha value is -1.27. The smallest absolute Gasteiger partial charge is 0.303 e. The van der Waals surface area contributed by atoms with Gasteiger partial charge in [0.2, 0.25) is 0 Å². The number of aliphatic hydroxyl groups excluding tert-OH is 1. The van der Waals surface area contributed by atoms with Gasteiger partial charge in [-0.1, -0.05) is 95.5 Å². The third-order valence-electron chi connectivity index (χ3n) is 5.32. The number of carboxylic acids is 1. The third kappa shape index (κ3) is 13.1. The van der Waals surface area contributed by atoms with Crippen LogP contribution in [0.4, 0.5) is 0 Å². The van der Waals surface area contributed by atoms with Crippen LogP contribution in [-0.4, -0.2) is 37.5 Å². The molecule has 3 N–H and O–H groups in total. The molecule has 2 atom stereocenters. The number of carbonyl (C=O) groups is 1. The zero-order valence-corrected chi connectivity index (χ0v) is 19.8. The van der Waals surface area contributed by atoms with Gasteiger partial charge in [0.05, 0.1) is 11.4 Å². The number of aliphatic hydroxyl groups is 1. The summed E-state index contributed by atoms with van der Waals surface area (Å²) in [4.78, 5) is 18.5. The van der Waals surface area contributed by atoms with E-state index in [1.165, 1.54) is 69.5 Å². The molecule has 1 heterocycles. The van der Waals surface area contributed by atoms with Crippen molar-refractivity contribution >= 4 is 17.7 Å². The summed E-state index contributed by atoms with van der Waals surface area (Å²) in [6.07, 6.45) is 20.6. The lowest BCUT2D eigenvalue weighted by Gasteiger charge is -2.17. The van der Waals surface area contributed by atoms with E-state index in [9.17, 15) is 9.90 Å². The number of hydrogen-bond donors (Lipinski definition) is 3. The fourth-order valence-corrected chi connectivity index (χ4v) is 4.41. The molecule has 0 bridgehead atoms. The minimum Gasteiger partial charge on any atom is -0.481 e. The summed E-state index contributed by atoms with van der Waals surface area (Å²) >= 11 is 1.47. The number of nitrogens with zero attached hydrogens (tertiary/aromatic N) is 1. The molecule has 0 radical (unpaired) electrons. The van der Waals surface area contributed by atoms with Crippen molar-refractivity contribution in [3.8, 4) is 0 Å². The number of hydrogen-bond acceptors (Lipinski definition) is 4. The fourth-order valence-electron chi connectivity index (χ4n) is 3.37. The number of aryl methyl sites for hydroxylation is 1. The number of nitrogens with one attached hydrogen (secondary N) is 1. The van der Waals surface area contributed by atoms with E-state index in [1.807, 2.05) is 12.3 Å². The molecule has 0 aliphatic rings. The first-order valence-electron chi connectivity index (χ1n) is 11.8. The van der Waals surface area contributed by atoms with Crippen molar-refractivity contribution < 1.29 is 15.0 Å². The van der Waals surface area contributed by atoms with Crippen molar-refractivity contribution in [1.29, 1.82) is 0 Å². The van der Waals surface area contributed by atoms with Gasteiger partial charge in [0.1, 0.15) is 0 Å². The highest BCUT2D eigenvalue weighted by atomic mass is 32.2. The van der Waals surface area contributed by atoms with Crippen LogP contribution in [0.2, 0.25) is 0 Å². The van der Waals surface area contributed by atoms with Gasteiger partial charge in [0.15, 0.2) is 5.16 Å². The molecule has 0 aliphatic heterocycles. The van der Waals surface area contributed by atoms with E-state index < -0.39 is 12.1 Å². The molecule has 2 unspecified atom stereocenters. The predicted octanol–water partition coefficient (Wildman–Crippen LogP) is 6.53. The SMILES string of the molecule is CCCCCCCCCCCC/C=C\C(Sc1ncc(CC)[nH]1)C(O)CCC(=O)O. The van der Waals surface area contributed by atoms with Crippen molar-refractivity contribution in [2.24, 2.45) is 0 Å². The zero-order valence-electron chi connectivity index (χ0n) is 18.9. The summed E-state index contributed by atoms with van der Waals surface area (Å²) in [5.74, 6) is -0.876.